The molecule has 1 nitrogen and oxygen atoms in total. The summed E-state index contributed by atoms with van der Waals surface area (Å²) in [5.74, 6) is 2.54. The van der Waals surface area contributed by atoms with Crippen molar-refractivity contribution in [1.29, 1.82) is 0 Å². The third kappa shape index (κ3) is 1.31. The zero-order chi connectivity index (χ0) is 8.65. The fourth-order valence-electron chi connectivity index (χ4n) is 2.62. The van der Waals surface area contributed by atoms with Crippen LogP contribution < -0.4 is 5.73 Å². The van der Waals surface area contributed by atoms with Gasteiger partial charge in [0, 0.05) is 0 Å². The lowest BCUT2D eigenvalue weighted by Gasteiger charge is -2.08. The first-order chi connectivity index (χ1) is 5.05. The molecule has 1 fully saturated rings. The van der Waals surface area contributed by atoms with Gasteiger partial charge in [0.15, 0.2) is 0 Å². The van der Waals surface area contributed by atoms with E-state index in [0.29, 0.717) is 5.41 Å². The highest BCUT2D eigenvalue weighted by Crippen LogP contribution is 2.61. The van der Waals surface area contributed by atoms with Crippen molar-refractivity contribution in [3.05, 3.63) is 0 Å². The number of rotatable bonds is 3. The van der Waals surface area contributed by atoms with Crippen LogP contribution in [-0.2, 0) is 0 Å². The molecule has 0 saturated heterocycles. The summed E-state index contributed by atoms with van der Waals surface area (Å²) in [7, 11) is 0. The van der Waals surface area contributed by atoms with E-state index in [2.05, 4.69) is 27.7 Å². The van der Waals surface area contributed by atoms with E-state index in [0.717, 1.165) is 24.3 Å². The van der Waals surface area contributed by atoms with E-state index in [1.54, 1.807) is 0 Å². The van der Waals surface area contributed by atoms with E-state index in [1.165, 1.54) is 6.42 Å². The maximum atomic E-state index is 5.69. The van der Waals surface area contributed by atoms with Gasteiger partial charge in [-0.15, -0.1) is 0 Å². The Morgan fingerprint density at radius 2 is 2.00 bits per heavy atom. The first-order valence-electron chi connectivity index (χ1n) is 4.75. The van der Waals surface area contributed by atoms with Gasteiger partial charge in [-0.25, -0.2) is 0 Å². The summed E-state index contributed by atoms with van der Waals surface area (Å²) < 4.78 is 0. The van der Waals surface area contributed by atoms with Crippen LogP contribution in [0, 0.1) is 23.2 Å². The Morgan fingerprint density at radius 3 is 2.27 bits per heavy atom. The normalized spacial score (nSPS) is 36.8. The highest BCUT2D eigenvalue weighted by atomic mass is 14.7. The molecular formula is C10H21N. The second-order valence-electron chi connectivity index (χ2n) is 4.57. The summed E-state index contributed by atoms with van der Waals surface area (Å²) >= 11 is 0. The average Bonchev–Trinajstić information content (AvgIpc) is 2.51. The topological polar surface area (TPSA) is 26.0 Å². The molecule has 0 aromatic heterocycles. The van der Waals surface area contributed by atoms with E-state index in [-0.39, 0.29) is 0 Å². The summed E-state index contributed by atoms with van der Waals surface area (Å²) in [5, 5.41) is 0. The molecule has 2 N–H and O–H groups in total. The van der Waals surface area contributed by atoms with Crippen LogP contribution in [0.15, 0.2) is 0 Å². The lowest BCUT2D eigenvalue weighted by molar-refractivity contribution is 0.411. The molecular weight excluding hydrogens is 134 g/mol. The first kappa shape index (κ1) is 9.05. The van der Waals surface area contributed by atoms with Crippen LogP contribution in [0.4, 0.5) is 0 Å². The fourth-order valence-corrected chi connectivity index (χ4v) is 2.62. The summed E-state index contributed by atoms with van der Waals surface area (Å²) in [4.78, 5) is 0. The Labute approximate surface area is 70.4 Å². The van der Waals surface area contributed by atoms with Gasteiger partial charge in [-0.1, -0.05) is 34.1 Å². The minimum absolute atomic E-state index is 0.532. The van der Waals surface area contributed by atoms with Crippen molar-refractivity contribution >= 4 is 0 Å². The van der Waals surface area contributed by atoms with Gasteiger partial charge in [0.25, 0.3) is 0 Å². The Kier molecular flexibility index (Phi) is 2.29. The van der Waals surface area contributed by atoms with Gasteiger partial charge in [0.05, 0.1) is 0 Å². The zero-order valence-corrected chi connectivity index (χ0v) is 8.22. The summed E-state index contributed by atoms with van der Waals surface area (Å²) in [6.07, 6.45) is 1.30. The molecule has 0 spiro atoms. The number of hydrogen-bond acceptors (Lipinski definition) is 1. The molecule has 0 aliphatic heterocycles. The van der Waals surface area contributed by atoms with Gasteiger partial charge < -0.3 is 5.73 Å². The van der Waals surface area contributed by atoms with Crippen LogP contribution >= 0.6 is 0 Å². The van der Waals surface area contributed by atoms with Crippen molar-refractivity contribution in [3.63, 3.8) is 0 Å². The fraction of sp³-hybridized carbons (Fsp3) is 1.00. The highest BCUT2D eigenvalue weighted by molar-refractivity contribution is 5.06. The first-order valence-corrected chi connectivity index (χ1v) is 4.75. The van der Waals surface area contributed by atoms with E-state index >= 15 is 0 Å². The molecule has 1 unspecified atom stereocenters. The van der Waals surface area contributed by atoms with E-state index < -0.39 is 0 Å². The number of hydrogen-bond donors (Lipinski definition) is 1. The lowest BCUT2D eigenvalue weighted by Crippen LogP contribution is -2.06. The largest absolute Gasteiger partial charge is 0.330 e. The highest BCUT2D eigenvalue weighted by Gasteiger charge is 2.57. The second kappa shape index (κ2) is 2.78. The van der Waals surface area contributed by atoms with Gasteiger partial charge in [-0.3, -0.25) is 0 Å². The molecule has 0 radical (unpaired) electrons. The zero-order valence-electron chi connectivity index (χ0n) is 8.22. The predicted octanol–water partition coefficient (Wildman–Crippen LogP) is 2.26. The van der Waals surface area contributed by atoms with E-state index in [1.807, 2.05) is 0 Å². The quantitative estimate of drug-likeness (QED) is 0.664. The summed E-state index contributed by atoms with van der Waals surface area (Å²) in [6, 6.07) is 0. The number of nitrogens with two attached hydrogens (primary N) is 1. The van der Waals surface area contributed by atoms with Crippen LogP contribution in [0.5, 0.6) is 0 Å². The van der Waals surface area contributed by atoms with Crippen molar-refractivity contribution in [3.8, 4) is 0 Å². The lowest BCUT2D eigenvalue weighted by atomic mass is 9.97. The molecule has 1 saturated carbocycles. The van der Waals surface area contributed by atoms with Crippen molar-refractivity contribution in [2.75, 3.05) is 6.54 Å². The standard InChI is InChI=1S/C10H21N/c1-5-7(2)9-8(6-11)10(9,3)4/h7-9H,5-6,11H2,1-4H3/t7?,8-,9-/m0/s1. The second-order valence-corrected chi connectivity index (χ2v) is 4.57. The molecule has 0 aromatic rings. The smallest absolute Gasteiger partial charge is 0.00407 e. The Morgan fingerprint density at radius 1 is 1.45 bits per heavy atom. The van der Waals surface area contributed by atoms with Crippen LogP contribution in [0.3, 0.4) is 0 Å². The van der Waals surface area contributed by atoms with Crippen molar-refractivity contribution < 1.29 is 0 Å². The minimum atomic E-state index is 0.532. The van der Waals surface area contributed by atoms with E-state index in [9.17, 15) is 0 Å². The molecule has 0 amide bonds. The minimum Gasteiger partial charge on any atom is -0.330 e. The van der Waals surface area contributed by atoms with Gasteiger partial charge in [0.2, 0.25) is 0 Å². The molecule has 1 aliphatic carbocycles. The molecule has 1 aliphatic rings. The molecule has 11 heavy (non-hydrogen) atoms. The van der Waals surface area contributed by atoms with Gasteiger partial charge in [-0.05, 0) is 29.7 Å². The maximum absolute atomic E-state index is 5.69. The average molecular weight is 155 g/mol. The molecule has 0 bridgehead atoms. The van der Waals surface area contributed by atoms with E-state index in [4.69, 9.17) is 5.73 Å². The van der Waals surface area contributed by atoms with Crippen molar-refractivity contribution in [1.82, 2.24) is 0 Å². The molecule has 1 heteroatoms. The van der Waals surface area contributed by atoms with Gasteiger partial charge in [0.1, 0.15) is 0 Å². The molecule has 0 aromatic carbocycles. The van der Waals surface area contributed by atoms with Gasteiger partial charge in [-0.2, -0.15) is 0 Å². The monoisotopic (exact) mass is 155 g/mol. The SMILES string of the molecule is CCC(C)[C@H]1[C@H](CN)C1(C)C. The Hall–Kier alpha value is -0.0400. The van der Waals surface area contributed by atoms with Crippen LogP contribution in [0.25, 0.3) is 0 Å². The van der Waals surface area contributed by atoms with Crippen LogP contribution in [0.2, 0.25) is 0 Å². The van der Waals surface area contributed by atoms with Crippen molar-refractivity contribution in [2.45, 2.75) is 34.1 Å². The molecule has 0 heterocycles. The summed E-state index contributed by atoms with van der Waals surface area (Å²) in [6.45, 7) is 10.2. The third-order valence-electron chi connectivity index (χ3n) is 3.65. The van der Waals surface area contributed by atoms with Crippen LogP contribution in [-0.4, -0.2) is 6.54 Å². The molecule has 3 atom stereocenters. The predicted molar refractivity (Wildman–Crippen MR) is 49.3 cm³/mol. The molecule has 1 rings (SSSR count). The Bertz CT molecular complexity index is 140. The van der Waals surface area contributed by atoms with Gasteiger partial charge >= 0.3 is 0 Å². The third-order valence-corrected chi connectivity index (χ3v) is 3.65. The Balaban J connectivity index is 2.51. The maximum Gasteiger partial charge on any atom is -0.00407 e. The van der Waals surface area contributed by atoms with Crippen LogP contribution in [0.1, 0.15) is 34.1 Å². The summed E-state index contributed by atoms with van der Waals surface area (Å²) in [5.41, 5.74) is 6.22. The molecule has 66 valence electrons. The van der Waals surface area contributed by atoms with Crippen molar-refractivity contribution in [2.24, 2.45) is 28.9 Å².